The third-order valence-electron chi connectivity index (χ3n) is 3.52. The summed E-state index contributed by atoms with van der Waals surface area (Å²) in [4.78, 5) is 8.88. The lowest BCUT2D eigenvalue weighted by Crippen LogP contribution is -1.99. The highest BCUT2D eigenvalue weighted by Crippen LogP contribution is 2.34. The Morgan fingerprint density at radius 1 is 1.08 bits per heavy atom. The number of pyridine rings is 2. The normalized spacial score (nSPS) is 10.2. The molecule has 24 heavy (non-hydrogen) atoms. The van der Waals surface area contributed by atoms with Crippen molar-refractivity contribution in [3.63, 3.8) is 0 Å². The molecule has 1 aromatic carbocycles. The maximum Gasteiger partial charge on any atom is 0.224 e. The van der Waals surface area contributed by atoms with Gasteiger partial charge in [0.2, 0.25) is 5.88 Å². The smallest absolute Gasteiger partial charge is 0.224 e. The minimum atomic E-state index is -0.0770. The molecule has 0 aliphatic carbocycles. The number of aromatic nitrogens is 2. The summed E-state index contributed by atoms with van der Waals surface area (Å²) in [6, 6.07) is 13.0. The minimum Gasteiger partial charge on any atom is -0.493 e. The van der Waals surface area contributed by atoms with Crippen LogP contribution >= 0.6 is 0 Å². The first-order chi connectivity index (χ1) is 11.8. The van der Waals surface area contributed by atoms with Crippen LogP contribution in [0.1, 0.15) is 0 Å². The Morgan fingerprint density at radius 3 is 2.67 bits per heavy atom. The topological polar surface area (TPSA) is 77.3 Å². The molecule has 0 atom stereocenters. The summed E-state index contributed by atoms with van der Waals surface area (Å²) in [5.41, 5.74) is 2.25. The molecule has 0 amide bonds. The van der Waals surface area contributed by atoms with Crippen molar-refractivity contribution in [1.82, 2.24) is 9.97 Å². The van der Waals surface area contributed by atoms with Crippen molar-refractivity contribution in [2.75, 3.05) is 20.8 Å². The SMILES string of the molecule is COc1ccc(-c2cc3ncccc3c(OCC#N)n2)cc1OC. The van der Waals surface area contributed by atoms with E-state index in [2.05, 4.69) is 9.97 Å². The molecule has 0 unspecified atom stereocenters. The Bertz CT molecular complexity index is 919. The van der Waals surface area contributed by atoms with E-state index < -0.39 is 0 Å². The fourth-order valence-corrected chi connectivity index (χ4v) is 2.40. The second-order valence-electron chi connectivity index (χ2n) is 4.90. The van der Waals surface area contributed by atoms with E-state index >= 15 is 0 Å². The Balaban J connectivity index is 2.14. The van der Waals surface area contributed by atoms with E-state index in [0.29, 0.717) is 23.1 Å². The van der Waals surface area contributed by atoms with Crippen LogP contribution in [0.25, 0.3) is 22.2 Å². The van der Waals surface area contributed by atoms with Crippen LogP contribution in [-0.2, 0) is 0 Å². The van der Waals surface area contributed by atoms with Gasteiger partial charge in [-0.2, -0.15) is 5.26 Å². The molecule has 6 nitrogen and oxygen atoms in total. The molecule has 120 valence electrons. The molecule has 0 radical (unpaired) electrons. The fourth-order valence-electron chi connectivity index (χ4n) is 2.40. The first kappa shape index (κ1) is 15.6. The van der Waals surface area contributed by atoms with E-state index in [1.165, 1.54) is 0 Å². The molecule has 2 heterocycles. The Kier molecular flexibility index (Phi) is 4.43. The molecule has 0 saturated heterocycles. The van der Waals surface area contributed by atoms with E-state index in [0.717, 1.165) is 16.5 Å². The minimum absolute atomic E-state index is 0.0770. The van der Waals surface area contributed by atoms with Gasteiger partial charge in [0, 0.05) is 11.8 Å². The summed E-state index contributed by atoms with van der Waals surface area (Å²) < 4.78 is 16.1. The van der Waals surface area contributed by atoms with Gasteiger partial charge in [-0.3, -0.25) is 4.98 Å². The molecule has 0 N–H and O–H groups in total. The summed E-state index contributed by atoms with van der Waals surface area (Å²) >= 11 is 0. The van der Waals surface area contributed by atoms with Gasteiger partial charge in [0.15, 0.2) is 18.1 Å². The average molecular weight is 321 g/mol. The van der Waals surface area contributed by atoms with Crippen LogP contribution in [0.15, 0.2) is 42.6 Å². The lowest BCUT2D eigenvalue weighted by atomic mass is 10.1. The number of hydrogen-bond acceptors (Lipinski definition) is 6. The van der Waals surface area contributed by atoms with E-state index in [4.69, 9.17) is 19.5 Å². The number of methoxy groups -OCH3 is 2. The summed E-state index contributed by atoms with van der Waals surface area (Å²) in [5.74, 6) is 1.63. The van der Waals surface area contributed by atoms with Gasteiger partial charge in [0.1, 0.15) is 6.07 Å². The summed E-state index contributed by atoms with van der Waals surface area (Å²) in [6.45, 7) is -0.0770. The van der Waals surface area contributed by atoms with Crippen molar-refractivity contribution in [3.05, 3.63) is 42.6 Å². The van der Waals surface area contributed by atoms with Crippen molar-refractivity contribution in [2.24, 2.45) is 0 Å². The molecule has 0 aliphatic rings. The van der Waals surface area contributed by atoms with Gasteiger partial charge in [-0.15, -0.1) is 0 Å². The number of nitrogens with zero attached hydrogens (tertiary/aromatic N) is 3. The van der Waals surface area contributed by atoms with Gasteiger partial charge in [0.25, 0.3) is 0 Å². The lowest BCUT2D eigenvalue weighted by molar-refractivity contribution is 0.355. The Hall–Kier alpha value is -3.33. The van der Waals surface area contributed by atoms with Crippen LogP contribution in [0.2, 0.25) is 0 Å². The number of ether oxygens (including phenoxy) is 3. The second-order valence-corrected chi connectivity index (χ2v) is 4.90. The largest absolute Gasteiger partial charge is 0.493 e. The highest BCUT2D eigenvalue weighted by Gasteiger charge is 2.12. The standard InChI is InChI=1S/C18H15N3O3/c1-22-16-6-5-12(10-17(16)23-2)14-11-15-13(4-3-8-20-15)18(21-14)24-9-7-19/h3-6,8,10-11H,9H2,1-2H3. The molecule has 2 aromatic heterocycles. The molecule has 3 rings (SSSR count). The molecular weight excluding hydrogens is 306 g/mol. The summed E-state index contributed by atoms with van der Waals surface area (Å²) in [5, 5.41) is 9.52. The zero-order chi connectivity index (χ0) is 16.9. The van der Waals surface area contributed by atoms with Crippen LogP contribution in [0.5, 0.6) is 17.4 Å². The molecule has 3 aromatic rings. The first-order valence-corrected chi connectivity index (χ1v) is 7.24. The zero-order valence-corrected chi connectivity index (χ0v) is 13.3. The molecule has 0 spiro atoms. The van der Waals surface area contributed by atoms with Crippen molar-refractivity contribution in [2.45, 2.75) is 0 Å². The van der Waals surface area contributed by atoms with Crippen LogP contribution in [-0.4, -0.2) is 30.8 Å². The number of benzene rings is 1. The van der Waals surface area contributed by atoms with Crippen LogP contribution < -0.4 is 14.2 Å². The van der Waals surface area contributed by atoms with Gasteiger partial charge in [-0.1, -0.05) is 0 Å². The number of hydrogen-bond donors (Lipinski definition) is 0. The van der Waals surface area contributed by atoms with E-state index in [9.17, 15) is 0 Å². The highest BCUT2D eigenvalue weighted by atomic mass is 16.5. The van der Waals surface area contributed by atoms with Crippen molar-refractivity contribution >= 4 is 10.9 Å². The monoisotopic (exact) mass is 321 g/mol. The Labute approximate surface area is 139 Å². The average Bonchev–Trinajstić information content (AvgIpc) is 2.65. The second kappa shape index (κ2) is 6.84. The number of nitriles is 1. The van der Waals surface area contributed by atoms with Crippen LogP contribution in [0, 0.1) is 11.3 Å². The molecule has 0 fully saturated rings. The number of rotatable bonds is 5. The van der Waals surface area contributed by atoms with Gasteiger partial charge >= 0.3 is 0 Å². The molecule has 0 aliphatic heterocycles. The predicted octanol–water partition coefficient (Wildman–Crippen LogP) is 3.22. The quantitative estimate of drug-likeness (QED) is 0.718. The fraction of sp³-hybridized carbons (Fsp3) is 0.167. The highest BCUT2D eigenvalue weighted by molar-refractivity contribution is 5.87. The summed E-state index contributed by atoms with van der Waals surface area (Å²) in [6.07, 6.45) is 1.70. The van der Waals surface area contributed by atoms with E-state index in [1.807, 2.05) is 36.4 Å². The van der Waals surface area contributed by atoms with Gasteiger partial charge in [-0.25, -0.2) is 4.98 Å². The first-order valence-electron chi connectivity index (χ1n) is 7.24. The van der Waals surface area contributed by atoms with Gasteiger partial charge in [0.05, 0.1) is 30.8 Å². The van der Waals surface area contributed by atoms with Crippen LogP contribution in [0.3, 0.4) is 0 Å². The van der Waals surface area contributed by atoms with E-state index in [-0.39, 0.29) is 6.61 Å². The van der Waals surface area contributed by atoms with Crippen LogP contribution in [0.4, 0.5) is 0 Å². The molecule has 0 saturated carbocycles. The van der Waals surface area contributed by atoms with Gasteiger partial charge < -0.3 is 14.2 Å². The molecule has 0 bridgehead atoms. The lowest BCUT2D eigenvalue weighted by Gasteiger charge is -2.11. The van der Waals surface area contributed by atoms with E-state index in [1.54, 1.807) is 26.5 Å². The maximum absolute atomic E-state index is 8.76. The van der Waals surface area contributed by atoms with Crippen molar-refractivity contribution < 1.29 is 14.2 Å². The Morgan fingerprint density at radius 2 is 1.92 bits per heavy atom. The third-order valence-corrected chi connectivity index (χ3v) is 3.52. The zero-order valence-electron chi connectivity index (χ0n) is 13.3. The maximum atomic E-state index is 8.76. The number of fused-ring (bicyclic) bond motifs is 1. The molecular formula is C18H15N3O3. The summed E-state index contributed by atoms with van der Waals surface area (Å²) in [7, 11) is 3.17. The molecule has 6 heteroatoms. The predicted molar refractivity (Wildman–Crippen MR) is 89.2 cm³/mol. The van der Waals surface area contributed by atoms with Crippen molar-refractivity contribution in [1.29, 1.82) is 5.26 Å². The third kappa shape index (κ3) is 2.92. The van der Waals surface area contributed by atoms with Crippen molar-refractivity contribution in [3.8, 4) is 34.7 Å². The van der Waals surface area contributed by atoms with Gasteiger partial charge in [-0.05, 0) is 36.4 Å².